The molecular weight excluding hydrogens is 366 g/mol. The standard InChI is InChI=1S/C22H31N5O2/c1-23-22(28)18-5-2-4-17(12-18)14-27-7-3-6-19(15-27)21-20(13-24-25-21)16-26-8-10-29-11-9-26/h2,4-5,12-13,19H,3,6-11,14-16H2,1H3,(H,23,28)(H,24,25)/t19-/m0/s1. The second-order valence-corrected chi connectivity index (χ2v) is 8.05. The van der Waals surface area contributed by atoms with Gasteiger partial charge in [0.15, 0.2) is 0 Å². The van der Waals surface area contributed by atoms with Crippen molar-refractivity contribution in [2.75, 3.05) is 46.4 Å². The molecule has 0 saturated carbocycles. The Hall–Kier alpha value is -2.22. The highest BCUT2D eigenvalue weighted by Gasteiger charge is 2.25. The van der Waals surface area contributed by atoms with Crippen molar-refractivity contribution in [1.29, 1.82) is 0 Å². The molecule has 2 aliphatic heterocycles. The van der Waals surface area contributed by atoms with Crippen LogP contribution in [0, 0.1) is 0 Å². The number of hydrogen-bond acceptors (Lipinski definition) is 5. The van der Waals surface area contributed by atoms with Crippen LogP contribution in [0.2, 0.25) is 0 Å². The van der Waals surface area contributed by atoms with Crippen LogP contribution in [0.4, 0.5) is 0 Å². The molecule has 2 fully saturated rings. The molecule has 2 saturated heterocycles. The molecule has 1 aromatic carbocycles. The van der Waals surface area contributed by atoms with Gasteiger partial charge in [-0.3, -0.25) is 19.7 Å². The monoisotopic (exact) mass is 397 g/mol. The number of carbonyl (C=O) groups is 1. The van der Waals surface area contributed by atoms with Gasteiger partial charge in [-0.25, -0.2) is 0 Å². The van der Waals surface area contributed by atoms with Crippen LogP contribution >= 0.6 is 0 Å². The van der Waals surface area contributed by atoms with Crippen molar-refractivity contribution >= 4 is 5.91 Å². The number of rotatable bonds is 6. The molecule has 156 valence electrons. The summed E-state index contributed by atoms with van der Waals surface area (Å²) in [7, 11) is 1.67. The second-order valence-electron chi connectivity index (χ2n) is 8.05. The number of benzene rings is 1. The van der Waals surface area contributed by atoms with Crippen molar-refractivity contribution < 1.29 is 9.53 Å². The van der Waals surface area contributed by atoms with Gasteiger partial charge in [0, 0.05) is 62.5 Å². The fourth-order valence-electron chi connectivity index (χ4n) is 4.45. The molecule has 0 aliphatic carbocycles. The van der Waals surface area contributed by atoms with Gasteiger partial charge in [-0.15, -0.1) is 0 Å². The molecule has 1 amide bonds. The molecule has 0 unspecified atom stereocenters. The third-order valence-corrected chi connectivity index (χ3v) is 5.99. The minimum absolute atomic E-state index is 0.0337. The number of morpholine rings is 1. The zero-order valence-corrected chi connectivity index (χ0v) is 17.2. The molecule has 7 heteroatoms. The SMILES string of the molecule is CNC(=O)c1cccc(CN2CCC[C@H](c3[nH]ncc3CN3CCOCC3)C2)c1. The third kappa shape index (κ3) is 5.04. The molecule has 29 heavy (non-hydrogen) atoms. The largest absolute Gasteiger partial charge is 0.379 e. The number of H-pyrrole nitrogens is 1. The number of ether oxygens (including phenoxy) is 1. The predicted molar refractivity (Wildman–Crippen MR) is 112 cm³/mol. The first-order chi connectivity index (χ1) is 14.2. The Balaban J connectivity index is 1.40. The van der Waals surface area contributed by atoms with Gasteiger partial charge < -0.3 is 10.1 Å². The van der Waals surface area contributed by atoms with Crippen LogP contribution in [0.5, 0.6) is 0 Å². The van der Waals surface area contributed by atoms with Crippen LogP contribution < -0.4 is 5.32 Å². The highest BCUT2D eigenvalue weighted by molar-refractivity contribution is 5.94. The number of carbonyl (C=O) groups excluding carboxylic acids is 1. The summed E-state index contributed by atoms with van der Waals surface area (Å²) < 4.78 is 5.47. The molecule has 4 rings (SSSR count). The summed E-state index contributed by atoms with van der Waals surface area (Å²) >= 11 is 0. The van der Waals surface area contributed by atoms with E-state index in [0.29, 0.717) is 5.92 Å². The van der Waals surface area contributed by atoms with Crippen molar-refractivity contribution in [3.05, 3.63) is 52.8 Å². The van der Waals surface area contributed by atoms with Crippen molar-refractivity contribution in [3.63, 3.8) is 0 Å². The Bertz CT molecular complexity index is 815. The maximum Gasteiger partial charge on any atom is 0.251 e. The molecule has 7 nitrogen and oxygen atoms in total. The molecular formula is C22H31N5O2. The number of aromatic nitrogens is 2. The zero-order chi connectivity index (χ0) is 20.1. The molecule has 0 spiro atoms. The zero-order valence-electron chi connectivity index (χ0n) is 17.2. The van der Waals surface area contributed by atoms with Gasteiger partial charge in [0.1, 0.15) is 0 Å². The van der Waals surface area contributed by atoms with E-state index in [4.69, 9.17) is 4.74 Å². The van der Waals surface area contributed by atoms with E-state index in [-0.39, 0.29) is 5.91 Å². The fraction of sp³-hybridized carbons (Fsp3) is 0.545. The lowest BCUT2D eigenvalue weighted by Gasteiger charge is -2.33. The molecule has 2 N–H and O–H groups in total. The molecule has 2 aromatic rings. The topological polar surface area (TPSA) is 73.5 Å². The number of nitrogens with zero attached hydrogens (tertiary/aromatic N) is 3. The van der Waals surface area contributed by atoms with Crippen LogP contribution in [-0.4, -0.2) is 72.3 Å². The Morgan fingerprint density at radius 2 is 2.10 bits per heavy atom. The number of hydrogen-bond donors (Lipinski definition) is 2. The summed E-state index contributed by atoms with van der Waals surface area (Å²) in [5.74, 6) is 0.443. The van der Waals surface area contributed by atoms with Gasteiger partial charge >= 0.3 is 0 Å². The van der Waals surface area contributed by atoms with Crippen molar-refractivity contribution in [2.45, 2.75) is 31.8 Å². The summed E-state index contributed by atoms with van der Waals surface area (Å²) in [6.07, 6.45) is 4.36. The number of piperidine rings is 1. The van der Waals surface area contributed by atoms with Crippen molar-refractivity contribution in [3.8, 4) is 0 Å². The van der Waals surface area contributed by atoms with E-state index >= 15 is 0 Å². The second kappa shape index (κ2) is 9.52. The van der Waals surface area contributed by atoms with Gasteiger partial charge in [-0.05, 0) is 37.1 Å². The van der Waals surface area contributed by atoms with E-state index in [1.807, 2.05) is 24.4 Å². The maximum atomic E-state index is 11.9. The summed E-state index contributed by atoms with van der Waals surface area (Å²) in [6, 6.07) is 7.94. The molecule has 1 aromatic heterocycles. The summed E-state index contributed by atoms with van der Waals surface area (Å²) in [5.41, 5.74) is 4.52. The lowest BCUT2D eigenvalue weighted by molar-refractivity contribution is 0.0339. The highest BCUT2D eigenvalue weighted by Crippen LogP contribution is 2.29. The molecule has 0 bridgehead atoms. The van der Waals surface area contributed by atoms with Crippen LogP contribution in [0.15, 0.2) is 30.5 Å². The molecule has 2 aliphatic rings. The summed E-state index contributed by atoms with van der Waals surface area (Å²) in [6.45, 7) is 7.54. The third-order valence-electron chi connectivity index (χ3n) is 5.99. The van der Waals surface area contributed by atoms with Gasteiger partial charge in [-0.2, -0.15) is 5.10 Å². The van der Waals surface area contributed by atoms with E-state index in [2.05, 4.69) is 31.4 Å². The smallest absolute Gasteiger partial charge is 0.251 e. The van der Waals surface area contributed by atoms with Crippen molar-refractivity contribution in [2.24, 2.45) is 0 Å². The number of amides is 1. The van der Waals surface area contributed by atoms with Crippen molar-refractivity contribution in [1.82, 2.24) is 25.3 Å². The summed E-state index contributed by atoms with van der Waals surface area (Å²) in [4.78, 5) is 16.9. The number of nitrogens with one attached hydrogen (secondary N) is 2. The van der Waals surface area contributed by atoms with Crippen LogP contribution in [0.1, 0.15) is 45.9 Å². The Kier molecular flexibility index (Phi) is 6.59. The molecule has 0 radical (unpaired) electrons. The van der Waals surface area contributed by atoms with Crippen LogP contribution in [0.3, 0.4) is 0 Å². The maximum absolute atomic E-state index is 11.9. The van der Waals surface area contributed by atoms with E-state index in [9.17, 15) is 4.79 Å². The number of aromatic amines is 1. The summed E-state index contributed by atoms with van der Waals surface area (Å²) in [5, 5.41) is 10.4. The van der Waals surface area contributed by atoms with Gasteiger partial charge in [0.2, 0.25) is 0 Å². The van der Waals surface area contributed by atoms with E-state index in [0.717, 1.165) is 58.0 Å². The average molecular weight is 398 g/mol. The minimum Gasteiger partial charge on any atom is -0.379 e. The lowest BCUT2D eigenvalue weighted by Crippen LogP contribution is -2.37. The van der Waals surface area contributed by atoms with E-state index < -0.39 is 0 Å². The van der Waals surface area contributed by atoms with Crippen LogP contribution in [0.25, 0.3) is 0 Å². The average Bonchev–Trinajstić information content (AvgIpc) is 3.22. The van der Waals surface area contributed by atoms with Gasteiger partial charge in [0.05, 0.1) is 19.4 Å². The van der Waals surface area contributed by atoms with E-state index in [1.54, 1.807) is 7.05 Å². The van der Waals surface area contributed by atoms with E-state index in [1.165, 1.54) is 29.7 Å². The normalized spacial score (nSPS) is 21.2. The lowest BCUT2D eigenvalue weighted by atomic mass is 9.92. The molecule has 1 atom stereocenters. The number of likely N-dealkylation sites (tertiary alicyclic amines) is 1. The highest BCUT2D eigenvalue weighted by atomic mass is 16.5. The van der Waals surface area contributed by atoms with Crippen LogP contribution in [-0.2, 0) is 17.8 Å². The first-order valence-electron chi connectivity index (χ1n) is 10.6. The van der Waals surface area contributed by atoms with Gasteiger partial charge in [0.25, 0.3) is 5.91 Å². The Morgan fingerprint density at radius 3 is 2.93 bits per heavy atom. The minimum atomic E-state index is -0.0337. The Labute approximate surface area is 172 Å². The fourth-order valence-corrected chi connectivity index (χ4v) is 4.45. The molecule has 3 heterocycles. The van der Waals surface area contributed by atoms with Gasteiger partial charge in [-0.1, -0.05) is 12.1 Å². The Morgan fingerprint density at radius 1 is 1.24 bits per heavy atom. The first kappa shape index (κ1) is 20.1. The first-order valence-corrected chi connectivity index (χ1v) is 10.6. The predicted octanol–water partition coefficient (Wildman–Crippen LogP) is 1.98. The quantitative estimate of drug-likeness (QED) is 0.780.